The van der Waals surface area contributed by atoms with Crippen LogP contribution in [0.4, 0.5) is 0 Å². The summed E-state index contributed by atoms with van der Waals surface area (Å²) in [7, 11) is 0. The third kappa shape index (κ3) is 1.91. The van der Waals surface area contributed by atoms with Gasteiger partial charge in [0, 0.05) is 18.9 Å². The molecule has 1 aromatic heterocycles. The van der Waals surface area contributed by atoms with E-state index in [-0.39, 0.29) is 17.6 Å². The molecule has 0 N–H and O–H groups in total. The van der Waals surface area contributed by atoms with Gasteiger partial charge in [-0.3, -0.25) is 9.59 Å². The zero-order valence-corrected chi connectivity index (χ0v) is 11.3. The van der Waals surface area contributed by atoms with Crippen molar-refractivity contribution in [2.24, 2.45) is 0 Å². The van der Waals surface area contributed by atoms with Crippen LogP contribution in [0, 0.1) is 0 Å². The number of benzene rings is 1. The van der Waals surface area contributed by atoms with Gasteiger partial charge >= 0.3 is 0 Å². The summed E-state index contributed by atoms with van der Waals surface area (Å²) >= 11 is 0. The minimum atomic E-state index is -0.344. The molecule has 0 saturated carbocycles. The van der Waals surface area contributed by atoms with Crippen LogP contribution >= 0.6 is 0 Å². The first-order valence-electron chi connectivity index (χ1n) is 6.47. The molecule has 0 radical (unpaired) electrons. The number of aromatic nitrogens is 2. The summed E-state index contributed by atoms with van der Waals surface area (Å²) < 4.78 is 6.67. The Balaban J connectivity index is 2.30. The molecule has 20 heavy (non-hydrogen) atoms. The van der Waals surface area contributed by atoms with Gasteiger partial charge in [-0.05, 0) is 6.92 Å². The van der Waals surface area contributed by atoms with Crippen molar-refractivity contribution >= 4 is 5.91 Å². The molecule has 0 bridgehead atoms. The van der Waals surface area contributed by atoms with E-state index in [2.05, 4.69) is 4.98 Å². The third-order valence-corrected chi connectivity index (χ3v) is 3.29. The van der Waals surface area contributed by atoms with Crippen LogP contribution in [-0.4, -0.2) is 21.6 Å². The summed E-state index contributed by atoms with van der Waals surface area (Å²) in [5.41, 5.74) is 0.865. The van der Waals surface area contributed by atoms with Gasteiger partial charge in [0.2, 0.25) is 11.8 Å². The highest BCUT2D eigenvalue weighted by molar-refractivity contribution is 5.81. The standard InChI is InChI=1S/C15H14N2O3/c1-9-8-12-14(20-9)16-13(11-6-4-3-5-7-11)17(10(2)18)15(12)19/h3-7,9H,8H2,1-2H3/t9-/m0/s1. The fourth-order valence-corrected chi connectivity index (χ4v) is 2.40. The van der Waals surface area contributed by atoms with Gasteiger partial charge < -0.3 is 4.74 Å². The second-order valence-corrected chi connectivity index (χ2v) is 4.88. The zero-order valence-electron chi connectivity index (χ0n) is 11.3. The highest BCUT2D eigenvalue weighted by Crippen LogP contribution is 2.27. The maximum atomic E-state index is 12.5. The number of hydrogen-bond acceptors (Lipinski definition) is 4. The summed E-state index contributed by atoms with van der Waals surface area (Å²) in [6.45, 7) is 3.24. The molecule has 2 heterocycles. The van der Waals surface area contributed by atoms with E-state index in [1.807, 2.05) is 37.3 Å². The van der Waals surface area contributed by atoms with Gasteiger partial charge in [0.1, 0.15) is 6.10 Å². The molecule has 1 aliphatic heterocycles. The van der Waals surface area contributed by atoms with Gasteiger partial charge in [-0.25, -0.2) is 4.57 Å². The second-order valence-electron chi connectivity index (χ2n) is 4.88. The third-order valence-electron chi connectivity index (χ3n) is 3.29. The molecule has 0 aliphatic carbocycles. The van der Waals surface area contributed by atoms with E-state index in [0.717, 1.165) is 4.57 Å². The Hall–Kier alpha value is -2.43. The van der Waals surface area contributed by atoms with Crippen molar-refractivity contribution in [1.29, 1.82) is 0 Å². The molecule has 0 amide bonds. The Morgan fingerprint density at radius 2 is 2.05 bits per heavy atom. The molecule has 3 rings (SSSR count). The smallest absolute Gasteiger partial charge is 0.267 e. The molecular formula is C15H14N2O3. The summed E-state index contributed by atoms with van der Waals surface area (Å²) in [5, 5.41) is 0. The molecule has 0 spiro atoms. The lowest BCUT2D eigenvalue weighted by Crippen LogP contribution is -2.29. The van der Waals surface area contributed by atoms with Gasteiger partial charge in [-0.2, -0.15) is 4.98 Å². The first kappa shape index (κ1) is 12.6. The predicted octanol–water partition coefficient (Wildman–Crippen LogP) is 1.89. The highest BCUT2D eigenvalue weighted by Gasteiger charge is 2.28. The Bertz CT molecular complexity index is 735. The molecule has 5 heteroatoms. The minimum Gasteiger partial charge on any atom is -0.474 e. The van der Waals surface area contributed by atoms with Crippen LogP contribution in [0.3, 0.4) is 0 Å². The van der Waals surface area contributed by atoms with Crippen LogP contribution in [0.1, 0.15) is 24.2 Å². The van der Waals surface area contributed by atoms with E-state index in [1.165, 1.54) is 6.92 Å². The van der Waals surface area contributed by atoms with E-state index in [1.54, 1.807) is 0 Å². The van der Waals surface area contributed by atoms with Crippen molar-refractivity contribution in [1.82, 2.24) is 9.55 Å². The summed E-state index contributed by atoms with van der Waals surface area (Å²) in [6, 6.07) is 9.16. The molecule has 1 atom stereocenters. The van der Waals surface area contributed by atoms with Crippen LogP contribution in [0.25, 0.3) is 11.4 Å². The minimum absolute atomic E-state index is 0.0865. The van der Waals surface area contributed by atoms with E-state index >= 15 is 0 Å². The van der Waals surface area contributed by atoms with Crippen LogP contribution in [-0.2, 0) is 6.42 Å². The number of ether oxygens (including phenoxy) is 1. The van der Waals surface area contributed by atoms with Gasteiger partial charge in [0.05, 0.1) is 5.56 Å². The lowest BCUT2D eigenvalue weighted by atomic mass is 10.1. The maximum absolute atomic E-state index is 12.5. The van der Waals surface area contributed by atoms with Crippen molar-refractivity contribution in [3.63, 3.8) is 0 Å². The van der Waals surface area contributed by atoms with Gasteiger partial charge in [0.15, 0.2) is 5.82 Å². The average Bonchev–Trinajstić information content (AvgIpc) is 2.80. The van der Waals surface area contributed by atoms with Crippen molar-refractivity contribution in [2.75, 3.05) is 0 Å². The van der Waals surface area contributed by atoms with Crippen LogP contribution < -0.4 is 10.3 Å². The topological polar surface area (TPSA) is 61.2 Å². The Labute approximate surface area is 115 Å². The number of hydrogen-bond donors (Lipinski definition) is 0. The summed E-state index contributed by atoms with van der Waals surface area (Å²) in [5.74, 6) is 0.332. The van der Waals surface area contributed by atoms with Gasteiger partial charge in [-0.15, -0.1) is 0 Å². The van der Waals surface area contributed by atoms with E-state index < -0.39 is 0 Å². The molecule has 1 aliphatic rings. The summed E-state index contributed by atoms with van der Waals surface area (Å²) in [4.78, 5) is 28.7. The molecule has 0 fully saturated rings. The van der Waals surface area contributed by atoms with Crippen molar-refractivity contribution in [2.45, 2.75) is 26.4 Å². The molecule has 5 nitrogen and oxygen atoms in total. The molecule has 2 aromatic rings. The molecule has 102 valence electrons. The number of fused-ring (bicyclic) bond motifs is 1. The van der Waals surface area contributed by atoms with E-state index in [9.17, 15) is 9.59 Å². The second kappa shape index (κ2) is 4.59. The molecular weight excluding hydrogens is 256 g/mol. The average molecular weight is 270 g/mol. The van der Waals surface area contributed by atoms with Crippen LogP contribution in [0.2, 0.25) is 0 Å². The number of carbonyl (C=O) groups excluding carboxylic acids is 1. The Morgan fingerprint density at radius 1 is 1.35 bits per heavy atom. The van der Waals surface area contributed by atoms with E-state index in [4.69, 9.17) is 4.74 Å². The van der Waals surface area contributed by atoms with Crippen LogP contribution in [0.5, 0.6) is 5.88 Å². The molecule has 0 unspecified atom stereocenters. The SMILES string of the molecule is CC(=O)n1c(-c2ccccc2)nc2c(c1=O)C[C@H](C)O2. The zero-order chi connectivity index (χ0) is 14.3. The Morgan fingerprint density at radius 3 is 2.70 bits per heavy atom. The number of rotatable bonds is 1. The van der Waals surface area contributed by atoms with Gasteiger partial charge in [0.25, 0.3) is 5.56 Å². The van der Waals surface area contributed by atoms with Crippen molar-refractivity contribution < 1.29 is 9.53 Å². The first-order chi connectivity index (χ1) is 9.58. The highest BCUT2D eigenvalue weighted by atomic mass is 16.5. The number of carbonyl (C=O) groups is 1. The summed E-state index contributed by atoms with van der Waals surface area (Å²) in [6.07, 6.45) is 0.403. The van der Waals surface area contributed by atoms with Crippen LogP contribution in [0.15, 0.2) is 35.1 Å². The fourth-order valence-electron chi connectivity index (χ4n) is 2.40. The maximum Gasteiger partial charge on any atom is 0.267 e. The molecule has 0 saturated heterocycles. The molecule has 1 aromatic carbocycles. The van der Waals surface area contributed by atoms with Crippen molar-refractivity contribution in [3.8, 4) is 17.3 Å². The van der Waals surface area contributed by atoms with Crippen molar-refractivity contribution in [3.05, 3.63) is 46.2 Å². The largest absolute Gasteiger partial charge is 0.474 e. The lowest BCUT2D eigenvalue weighted by molar-refractivity contribution is 0.0933. The van der Waals surface area contributed by atoms with Gasteiger partial charge in [-0.1, -0.05) is 30.3 Å². The fraction of sp³-hybridized carbons (Fsp3) is 0.267. The normalized spacial score (nSPS) is 16.6. The number of nitrogens with zero attached hydrogens (tertiary/aromatic N) is 2. The lowest BCUT2D eigenvalue weighted by Gasteiger charge is -2.10. The van der Waals surface area contributed by atoms with E-state index in [0.29, 0.717) is 29.3 Å². The first-order valence-corrected chi connectivity index (χ1v) is 6.47. The quantitative estimate of drug-likeness (QED) is 0.794. The monoisotopic (exact) mass is 270 g/mol. The Kier molecular flexibility index (Phi) is 2.89. The predicted molar refractivity (Wildman–Crippen MR) is 74.0 cm³/mol.